The van der Waals surface area contributed by atoms with Crippen molar-refractivity contribution in [3.05, 3.63) is 0 Å². The first kappa shape index (κ1) is 10.0. The Morgan fingerprint density at radius 3 is 2.83 bits per heavy atom. The molecule has 0 aromatic rings. The van der Waals surface area contributed by atoms with Crippen molar-refractivity contribution in [2.45, 2.75) is 33.3 Å². The van der Waals surface area contributed by atoms with Crippen molar-refractivity contribution in [3.63, 3.8) is 0 Å². The third-order valence-corrected chi connectivity index (χ3v) is 2.58. The minimum atomic E-state index is 0.490. The van der Waals surface area contributed by atoms with Crippen molar-refractivity contribution in [3.8, 4) is 0 Å². The molecular weight excluding hydrogens is 150 g/mol. The van der Waals surface area contributed by atoms with Gasteiger partial charge in [-0.25, -0.2) is 0 Å². The minimum Gasteiger partial charge on any atom is -0.378 e. The Kier molecular flexibility index (Phi) is 4.02. The number of hydrogen-bond acceptors (Lipinski definition) is 2. The van der Waals surface area contributed by atoms with Crippen molar-refractivity contribution in [1.82, 2.24) is 5.32 Å². The number of nitrogens with one attached hydrogen (secondary N) is 1. The normalized spacial score (nSPS) is 30.0. The highest BCUT2D eigenvalue weighted by Gasteiger charge is 2.29. The SMILES string of the molecule is CCNCC1CCOC1C(C)C. The van der Waals surface area contributed by atoms with Gasteiger partial charge in [-0.05, 0) is 24.8 Å². The lowest BCUT2D eigenvalue weighted by molar-refractivity contribution is 0.0541. The van der Waals surface area contributed by atoms with Gasteiger partial charge in [0.25, 0.3) is 0 Å². The van der Waals surface area contributed by atoms with Crippen molar-refractivity contribution in [1.29, 1.82) is 0 Å². The number of ether oxygens (including phenoxy) is 1. The third kappa shape index (κ3) is 2.46. The van der Waals surface area contributed by atoms with E-state index in [9.17, 15) is 0 Å². The lowest BCUT2D eigenvalue weighted by Crippen LogP contribution is -2.31. The predicted molar refractivity (Wildman–Crippen MR) is 51.2 cm³/mol. The summed E-state index contributed by atoms with van der Waals surface area (Å²) >= 11 is 0. The van der Waals surface area contributed by atoms with Crippen LogP contribution in [-0.4, -0.2) is 25.8 Å². The van der Waals surface area contributed by atoms with Crippen LogP contribution in [0.3, 0.4) is 0 Å². The molecule has 12 heavy (non-hydrogen) atoms. The standard InChI is InChI=1S/C10H21NO/c1-4-11-7-9-5-6-12-10(9)8(2)3/h8-11H,4-7H2,1-3H3. The van der Waals surface area contributed by atoms with E-state index in [0.29, 0.717) is 12.0 Å². The summed E-state index contributed by atoms with van der Waals surface area (Å²) in [6.07, 6.45) is 1.72. The quantitative estimate of drug-likeness (QED) is 0.694. The molecule has 1 aliphatic rings. The van der Waals surface area contributed by atoms with E-state index >= 15 is 0 Å². The van der Waals surface area contributed by atoms with Gasteiger partial charge in [0, 0.05) is 13.2 Å². The lowest BCUT2D eigenvalue weighted by Gasteiger charge is -2.21. The molecule has 0 amide bonds. The second-order valence-electron chi connectivity index (χ2n) is 3.94. The summed E-state index contributed by atoms with van der Waals surface area (Å²) in [5.74, 6) is 1.40. The fraction of sp³-hybridized carbons (Fsp3) is 1.00. The zero-order valence-corrected chi connectivity index (χ0v) is 8.47. The van der Waals surface area contributed by atoms with Gasteiger partial charge in [0.2, 0.25) is 0 Å². The molecule has 1 saturated heterocycles. The van der Waals surface area contributed by atoms with Crippen LogP contribution in [0.2, 0.25) is 0 Å². The van der Waals surface area contributed by atoms with Crippen LogP contribution in [0.4, 0.5) is 0 Å². The Bertz CT molecular complexity index is 125. The molecule has 1 heterocycles. The maximum Gasteiger partial charge on any atom is 0.0639 e. The van der Waals surface area contributed by atoms with Gasteiger partial charge in [-0.3, -0.25) is 0 Å². The van der Waals surface area contributed by atoms with E-state index in [1.165, 1.54) is 6.42 Å². The van der Waals surface area contributed by atoms with Crippen molar-refractivity contribution >= 4 is 0 Å². The molecule has 0 aromatic carbocycles. The summed E-state index contributed by atoms with van der Waals surface area (Å²) < 4.78 is 5.68. The van der Waals surface area contributed by atoms with E-state index in [2.05, 4.69) is 26.1 Å². The molecule has 0 saturated carbocycles. The first-order valence-electron chi connectivity index (χ1n) is 5.08. The second-order valence-corrected chi connectivity index (χ2v) is 3.94. The second kappa shape index (κ2) is 4.83. The van der Waals surface area contributed by atoms with E-state index in [1.54, 1.807) is 0 Å². The van der Waals surface area contributed by atoms with E-state index in [4.69, 9.17) is 4.74 Å². The molecule has 1 fully saturated rings. The molecule has 0 aliphatic carbocycles. The van der Waals surface area contributed by atoms with E-state index in [1.807, 2.05) is 0 Å². The first-order chi connectivity index (χ1) is 5.75. The van der Waals surface area contributed by atoms with Crippen LogP contribution in [0.1, 0.15) is 27.2 Å². The predicted octanol–water partition coefficient (Wildman–Crippen LogP) is 1.66. The Morgan fingerprint density at radius 1 is 1.50 bits per heavy atom. The van der Waals surface area contributed by atoms with Crippen molar-refractivity contribution in [2.24, 2.45) is 11.8 Å². The average molecular weight is 171 g/mol. The van der Waals surface area contributed by atoms with Crippen molar-refractivity contribution in [2.75, 3.05) is 19.7 Å². The fourth-order valence-electron chi connectivity index (χ4n) is 1.94. The van der Waals surface area contributed by atoms with Gasteiger partial charge in [-0.15, -0.1) is 0 Å². The number of hydrogen-bond donors (Lipinski definition) is 1. The van der Waals surface area contributed by atoms with Gasteiger partial charge < -0.3 is 10.1 Å². The van der Waals surface area contributed by atoms with Crippen LogP contribution in [0.5, 0.6) is 0 Å². The third-order valence-electron chi connectivity index (χ3n) is 2.58. The molecule has 0 bridgehead atoms. The Labute approximate surface area is 75.7 Å². The maximum atomic E-state index is 5.68. The molecule has 0 spiro atoms. The van der Waals surface area contributed by atoms with E-state index < -0.39 is 0 Å². The topological polar surface area (TPSA) is 21.3 Å². The molecule has 2 heteroatoms. The number of rotatable bonds is 4. The zero-order chi connectivity index (χ0) is 8.97. The monoisotopic (exact) mass is 171 g/mol. The molecule has 1 N–H and O–H groups in total. The highest BCUT2D eigenvalue weighted by molar-refractivity contribution is 4.79. The van der Waals surface area contributed by atoms with Crippen LogP contribution in [0.15, 0.2) is 0 Å². The summed E-state index contributed by atoms with van der Waals surface area (Å²) in [6.45, 7) is 9.80. The summed E-state index contributed by atoms with van der Waals surface area (Å²) in [7, 11) is 0. The maximum absolute atomic E-state index is 5.68. The largest absolute Gasteiger partial charge is 0.378 e. The summed E-state index contributed by atoms with van der Waals surface area (Å²) in [6, 6.07) is 0. The zero-order valence-electron chi connectivity index (χ0n) is 8.47. The van der Waals surface area contributed by atoms with Gasteiger partial charge in [-0.2, -0.15) is 0 Å². The molecule has 0 radical (unpaired) electrons. The molecule has 72 valence electrons. The van der Waals surface area contributed by atoms with E-state index in [0.717, 1.165) is 25.6 Å². The van der Waals surface area contributed by atoms with Gasteiger partial charge in [0.05, 0.1) is 6.10 Å². The molecule has 1 rings (SSSR count). The van der Waals surface area contributed by atoms with Crippen LogP contribution < -0.4 is 5.32 Å². The minimum absolute atomic E-state index is 0.490. The lowest BCUT2D eigenvalue weighted by atomic mass is 9.93. The fourth-order valence-corrected chi connectivity index (χ4v) is 1.94. The Hall–Kier alpha value is -0.0800. The molecule has 1 aliphatic heterocycles. The smallest absolute Gasteiger partial charge is 0.0639 e. The highest BCUT2D eigenvalue weighted by Crippen LogP contribution is 2.25. The van der Waals surface area contributed by atoms with Crippen molar-refractivity contribution < 1.29 is 4.74 Å². The Morgan fingerprint density at radius 2 is 2.25 bits per heavy atom. The van der Waals surface area contributed by atoms with Gasteiger partial charge in [0.1, 0.15) is 0 Å². The Balaban J connectivity index is 2.30. The average Bonchev–Trinajstić information content (AvgIpc) is 2.48. The summed E-state index contributed by atoms with van der Waals surface area (Å²) in [5, 5.41) is 3.40. The molecule has 0 aromatic heterocycles. The summed E-state index contributed by atoms with van der Waals surface area (Å²) in [4.78, 5) is 0. The molecule has 2 unspecified atom stereocenters. The van der Waals surface area contributed by atoms with Crippen LogP contribution in [-0.2, 0) is 4.74 Å². The van der Waals surface area contributed by atoms with Gasteiger partial charge >= 0.3 is 0 Å². The van der Waals surface area contributed by atoms with Crippen LogP contribution in [0, 0.1) is 11.8 Å². The van der Waals surface area contributed by atoms with E-state index in [-0.39, 0.29) is 0 Å². The first-order valence-corrected chi connectivity index (χ1v) is 5.08. The van der Waals surface area contributed by atoms with Gasteiger partial charge in [-0.1, -0.05) is 20.8 Å². The molecular formula is C10H21NO. The summed E-state index contributed by atoms with van der Waals surface area (Å²) in [5.41, 5.74) is 0. The van der Waals surface area contributed by atoms with Crippen LogP contribution >= 0.6 is 0 Å². The van der Waals surface area contributed by atoms with Crippen LogP contribution in [0.25, 0.3) is 0 Å². The molecule has 2 nitrogen and oxygen atoms in total. The highest BCUT2D eigenvalue weighted by atomic mass is 16.5. The molecule has 2 atom stereocenters. The van der Waals surface area contributed by atoms with Gasteiger partial charge in [0.15, 0.2) is 0 Å².